The van der Waals surface area contributed by atoms with E-state index in [0.717, 1.165) is 51.4 Å². The van der Waals surface area contributed by atoms with Crippen molar-refractivity contribution in [3.05, 3.63) is 0 Å². The van der Waals surface area contributed by atoms with Gasteiger partial charge in [0.2, 0.25) is 11.2 Å². The minimum Gasteiger partial charge on any atom is -0.479 e. The summed E-state index contributed by atoms with van der Waals surface area (Å²) in [5, 5.41) is 41.4. The maximum Gasteiger partial charge on any atom is 0.339 e. The van der Waals surface area contributed by atoms with Crippen molar-refractivity contribution < 1.29 is 30.0 Å². The molecule has 0 aromatic carbocycles. The van der Waals surface area contributed by atoms with Gasteiger partial charge in [0, 0.05) is 0 Å². The largest absolute Gasteiger partial charge is 0.479 e. The van der Waals surface area contributed by atoms with Crippen molar-refractivity contribution in [3.63, 3.8) is 0 Å². The Balaban J connectivity index is 4.13. The summed E-state index contributed by atoms with van der Waals surface area (Å²) in [6.45, 7) is 4.48. The average Bonchev–Trinajstić information content (AvgIpc) is 2.96. The van der Waals surface area contributed by atoms with E-state index >= 15 is 0 Å². The Hall–Kier alpha value is -1.14. The Morgan fingerprint density at radius 1 is 0.357 bits per heavy atom. The molecule has 0 aromatic rings. The third-order valence-electron chi connectivity index (χ3n) is 9.18. The third-order valence-corrected chi connectivity index (χ3v) is 9.18. The summed E-state index contributed by atoms with van der Waals surface area (Å²) in [4.78, 5) is 24.0. The van der Waals surface area contributed by atoms with Crippen LogP contribution < -0.4 is 0 Å². The summed E-state index contributed by atoms with van der Waals surface area (Å²) in [6, 6.07) is 0. The monoisotopic (exact) mass is 599 g/mol. The molecule has 0 saturated heterocycles. The van der Waals surface area contributed by atoms with E-state index in [0.29, 0.717) is 12.8 Å². The highest BCUT2D eigenvalue weighted by molar-refractivity contribution is 5.90. The van der Waals surface area contributed by atoms with Crippen LogP contribution in [0, 0.1) is 0 Å². The molecular formula is C36H70O6. The molecule has 6 nitrogen and oxygen atoms in total. The molecule has 0 saturated carbocycles. The van der Waals surface area contributed by atoms with Crippen molar-refractivity contribution in [1.82, 2.24) is 0 Å². The number of aliphatic carboxylic acids is 2. The van der Waals surface area contributed by atoms with Crippen LogP contribution >= 0.6 is 0 Å². The highest BCUT2D eigenvalue weighted by Crippen LogP contribution is 2.34. The molecule has 0 bridgehead atoms. The van der Waals surface area contributed by atoms with Crippen LogP contribution in [-0.4, -0.2) is 43.6 Å². The topological polar surface area (TPSA) is 115 Å². The van der Waals surface area contributed by atoms with E-state index in [1.807, 2.05) is 0 Å². The first-order valence-electron chi connectivity index (χ1n) is 18.2. The highest BCUT2D eigenvalue weighted by Gasteiger charge is 2.59. The van der Waals surface area contributed by atoms with Crippen LogP contribution in [0.5, 0.6) is 0 Å². The number of rotatable bonds is 33. The molecule has 4 N–H and O–H groups in total. The second kappa shape index (κ2) is 27.4. The minimum atomic E-state index is -2.67. The lowest BCUT2D eigenvalue weighted by atomic mass is 9.75. The summed E-state index contributed by atoms with van der Waals surface area (Å²) in [7, 11) is 0. The van der Waals surface area contributed by atoms with Gasteiger partial charge in [0.15, 0.2) is 0 Å². The molecular weight excluding hydrogens is 528 g/mol. The van der Waals surface area contributed by atoms with Crippen molar-refractivity contribution in [1.29, 1.82) is 0 Å². The first kappa shape index (κ1) is 40.9. The van der Waals surface area contributed by atoms with Gasteiger partial charge >= 0.3 is 11.9 Å². The van der Waals surface area contributed by atoms with Gasteiger partial charge in [0.05, 0.1) is 0 Å². The molecule has 2 atom stereocenters. The average molecular weight is 599 g/mol. The Morgan fingerprint density at radius 3 is 0.690 bits per heavy atom. The van der Waals surface area contributed by atoms with Crippen molar-refractivity contribution in [2.45, 2.75) is 218 Å². The molecule has 0 amide bonds. The zero-order valence-electron chi connectivity index (χ0n) is 27.8. The number of carbonyl (C=O) groups is 2. The van der Waals surface area contributed by atoms with Crippen molar-refractivity contribution in [2.24, 2.45) is 0 Å². The van der Waals surface area contributed by atoms with E-state index in [1.165, 1.54) is 116 Å². The summed E-state index contributed by atoms with van der Waals surface area (Å²) >= 11 is 0. The molecule has 250 valence electrons. The zero-order chi connectivity index (χ0) is 31.4. The number of aliphatic hydroxyl groups is 2. The fraction of sp³-hybridized carbons (Fsp3) is 0.944. The van der Waals surface area contributed by atoms with E-state index in [9.17, 15) is 30.0 Å². The third kappa shape index (κ3) is 19.2. The molecule has 0 spiro atoms. The predicted molar refractivity (Wildman–Crippen MR) is 175 cm³/mol. The van der Waals surface area contributed by atoms with Crippen LogP contribution in [0.1, 0.15) is 206 Å². The highest BCUT2D eigenvalue weighted by atomic mass is 16.5. The van der Waals surface area contributed by atoms with Gasteiger partial charge in [-0.05, 0) is 25.7 Å². The molecule has 6 heteroatoms. The lowest BCUT2D eigenvalue weighted by molar-refractivity contribution is -0.210. The number of carboxylic acid groups (broad SMARTS) is 2. The first-order chi connectivity index (χ1) is 20.3. The van der Waals surface area contributed by atoms with Crippen LogP contribution in [0.15, 0.2) is 0 Å². The molecule has 0 rings (SSSR count). The van der Waals surface area contributed by atoms with E-state index < -0.39 is 23.1 Å². The molecule has 42 heavy (non-hydrogen) atoms. The summed E-state index contributed by atoms with van der Waals surface area (Å²) in [5.74, 6) is -3.29. The quantitative estimate of drug-likeness (QED) is 0.0559. The lowest BCUT2D eigenvalue weighted by Gasteiger charge is -2.37. The molecule has 0 aliphatic rings. The molecule has 0 aliphatic carbocycles. The fourth-order valence-corrected chi connectivity index (χ4v) is 6.13. The summed E-state index contributed by atoms with van der Waals surface area (Å²) < 4.78 is 0. The van der Waals surface area contributed by atoms with Crippen molar-refractivity contribution >= 4 is 11.9 Å². The van der Waals surface area contributed by atoms with Gasteiger partial charge in [-0.3, -0.25) is 0 Å². The minimum absolute atomic E-state index is 0.248. The molecule has 0 aliphatic heterocycles. The van der Waals surface area contributed by atoms with Crippen LogP contribution in [0.25, 0.3) is 0 Å². The van der Waals surface area contributed by atoms with Crippen LogP contribution in [0.4, 0.5) is 0 Å². The zero-order valence-corrected chi connectivity index (χ0v) is 27.8. The Morgan fingerprint density at radius 2 is 0.524 bits per heavy atom. The lowest BCUT2D eigenvalue weighted by Crippen LogP contribution is -2.63. The fourth-order valence-electron chi connectivity index (χ4n) is 6.13. The Kier molecular flexibility index (Phi) is 26.7. The van der Waals surface area contributed by atoms with Gasteiger partial charge in [0.1, 0.15) is 0 Å². The maximum absolute atomic E-state index is 12.0. The second-order valence-electron chi connectivity index (χ2n) is 13.0. The van der Waals surface area contributed by atoms with Crippen LogP contribution in [0.2, 0.25) is 0 Å². The van der Waals surface area contributed by atoms with Gasteiger partial charge in [-0.25, -0.2) is 9.59 Å². The molecule has 0 aromatic heterocycles. The molecule has 0 heterocycles. The molecule has 0 radical (unpaired) electrons. The van der Waals surface area contributed by atoms with Gasteiger partial charge in [-0.2, -0.15) is 0 Å². The van der Waals surface area contributed by atoms with Crippen LogP contribution in [-0.2, 0) is 9.59 Å². The van der Waals surface area contributed by atoms with E-state index in [2.05, 4.69) is 13.8 Å². The van der Waals surface area contributed by atoms with Crippen molar-refractivity contribution in [3.8, 4) is 0 Å². The van der Waals surface area contributed by atoms with Gasteiger partial charge in [0.25, 0.3) is 0 Å². The SMILES string of the molecule is CCCCCCCCCCCCCCCCC(O)(C(=O)O)C(O)(CCCCCCCCCCCCCCCC)C(=O)O. The maximum atomic E-state index is 12.0. The summed E-state index contributed by atoms with van der Waals surface area (Å²) in [5.41, 5.74) is -5.35. The van der Waals surface area contributed by atoms with E-state index in [4.69, 9.17) is 0 Å². The number of unbranched alkanes of at least 4 members (excludes halogenated alkanes) is 26. The Labute approximate surface area is 259 Å². The van der Waals surface area contributed by atoms with Crippen LogP contribution in [0.3, 0.4) is 0 Å². The van der Waals surface area contributed by atoms with Gasteiger partial charge < -0.3 is 20.4 Å². The van der Waals surface area contributed by atoms with Gasteiger partial charge in [-0.1, -0.05) is 181 Å². The van der Waals surface area contributed by atoms with Crippen molar-refractivity contribution in [2.75, 3.05) is 0 Å². The van der Waals surface area contributed by atoms with E-state index in [1.54, 1.807) is 0 Å². The van der Waals surface area contributed by atoms with E-state index in [-0.39, 0.29) is 12.8 Å². The Bertz CT molecular complexity index is 584. The standard InChI is InChI=1S/C36H70O6/c1-3-5-7-9-11-13-15-17-19-21-23-25-27-29-31-35(41,33(37)38)36(42,34(39)40)32-30-28-26-24-22-20-18-16-14-12-10-8-6-4-2/h41-42H,3-32H2,1-2H3,(H,37,38)(H,39,40). The summed E-state index contributed by atoms with van der Waals surface area (Å²) in [6.07, 6.45) is 31.6. The number of hydrogen-bond donors (Lipinski definition) is 4. The smallest absolute Gasteiger partial charge is 0.339 e. The normalized spacial score (nSPS) is 14.5. The number of carboxylic acids is 2. The number of hydrogen-bond acceptors (Lipinski definition) is 4. The predicted octanol–water partition coefficient (Wildman–Crippen LogP) is 10.4. The van der Waals surface area contributed by atoms with Gasteiger partial charge in [-0.15, -0.1) is 0 Å². The molecule has 2 unspecified atom stereocenters. The second-order valence-corrected chi connectivity index (χ2v) is 13.0. The first-order valence-corrected chi connectivity index (χ1v) is 18.2. The molecule has 0 fully saturated rings.